The van der Waals surface area contributed by atoms with Gasteiger partial charge in [-0.2, -0.15) is 19.0 Å². The van der Waals surface area contributed by atoms with Crippen molar-refractivity contribution in [3.8, 4) is 17.2 Å². The average Bonchev–Trinajstić information content (AvgIpc) is 3.58. The van der Waals surface area contributed by atoms with E-state index in [0.29, 0.717) is 40.3 Å². The molecule has 0 bridgehead atoms. The summed E-state index contributed by atoms with van der Waals surface area (Å²) in [6, 6.07) is 5.89. The van der Waals surface area contributed by atoms with E-state index in [-0.39, 0.29) is 22.4 Å². The van der Waals surface area contributed by atoms with Gasteiger partial charge in [0.1, 0.15) is 11.6 Å². The zero-order chi connectivity index (χ0) is 26.0. The van der Waals surface area contributed by atoms with Crippen molar-refractivity contribution in [1.29, 1.82) is 0 Å². The Kier molecular flexibility index (Phi) is 5.30. The Morgan fingerprint density at radius 3 is 2.49 bits per heavy atom. The molecule has 190 valence electrons. The molecule has 0 amide bonds. The molecule has 0 atom stereocenters. The summed E-state index contributed by atoms with van der Waals surface area (Å²) in [6.45, 7) is 1.58. The van der Waals surface area contributed by atoms with E-state index in [0.717, 1.165) is 28.6 Å². The van der Waals surface area contributed by atoms with Crippen molar-refractivity contribution in [2.24, 2.45) is 0 Å². The number of aryl methyl sites for hydroxylation is 2. The van der Waals surface area contributed by atoms with E-state index in [4.69, 9.17) is 5.10 Å². The Balaban J connectivity index is 1.54. The van der Waals surface area contributed by atoms with Crippen LogP contribution < -0.4 is 11.0 Å². The average molecular weight is 511 g/mol. The van der Waals surface area contributed by atoms with Crippen molar-refractivity contribution >= 4 is 10.9 Å². The van der Waals surface area contributed by atoms with Gasteiger partial charge >= 0.3 is 12.2 Å². The molecule has 1 aliphatic rings. The summed E-state index contributed by atoms with van der Waals surface area (Å²) in [4.78, 5) is 13.6. The highest BCUT2D eigenvalue weighted by Gasteiger charge is 2.26. The molecule has 6 rings (SSSR count). The number of nitrogens with zero attached hydrogens (tertiary/aromatic N) is 6. The number of aromatic nitrogens is 6. The van der Waals surface area contributed by atoms with Crippen LogP contribution in [-0.4, -0.2) is 35.2 Å². The molecule has 1 N–H and O–H groups in total. The zero-order valence-electron chi connectivity index (χ0n) is 19.8. The standard InChI is InChI=1S/C25H21F4N7O/c1-13-9-15(10-14(2)21(13)26)35-23(16-11-30-6-5-18(16)32-35)34-8-7-33(25(34)37)20-4-3-19-17(22(20)27)12-31-36(19)24(28)29/h3-4,7-10,12,24,30H,5-6,11H2,1-2H3. The number of halogens is 4. The maximum absolute atomic E-state index is 15.4. The highest BCUT2D eigenvalue weighted by Crippen LogP contribution is 2.28. The summed E-state index contributed by atoms with van der Waals surface area (Å²) >= 11 is 0. The SMILES string of the molecule is Cc1cc(-n2nc3c(c2-n2ccn(-c4ccc5c(cnn5C(F)F)c4F)c2=O)CNCC3)cc(C)c1F. The van der Waals surface area contributed by atoms with Gasteiger partial charge in [-0.1, -0.05) is 0 Å². The summed E-state index contributed by atoms with van der Waals surface area (Å²) in [5, 5.41) is 11.5. The molecule has 4 heterocycles. The molecule has 0 unspecified atom stereocenters. The van der Waals surface area contributed by atoms with E-state index in [1.54, 1.807) is 30.7 Å². The van der Waals surface area contributed by atoms with Crippen molar-refractivity contribution in [3.05, 3.63) is 87.4 Å². The Bertz CT molecular complexity index is 1720. The van der Waals surface area contributed by atoms with Crippen LogP contribution in [0.25, 0.3) is 28.1 Å². The van der Waals surface area contributed by atoms with Gasteiger partial charge in [-0.3, -0.25) is 9.13 Å². The number of nitrogens with one attached hydrogen (secondary N) is 1. The first-order valence-electron chi connectivity index (χ1n) is 11.6. The minimum atomic E-state index is -2.93. The monoisotopic (exact) mass is 511 g/mol. The molecule has 3 aromatic heterocycles. The van der Waals surface area contributed by atoms with Crippen LogP contribution >= 0.6 is 0 Å². The highest BCUT2D eigenvalue weighted by molar-refractivity contribution is 5.82. The summed E-state index contributed by atoms with van der Waals surface area (Å²) in [7, 11) is 0. The van der Waals surface area contributed by atoms with E-state index >= 15 is 4.39 Å². The van der Waals surface area contributed by atoms with Crippen LogP contribution in [0.15, 0.2) is 47.7 Å². The number of benzene rings is 2. The lowest BCUT2D eigenvalue weighted by atomic mass is 10.1. The molecular weight excluding hydrogens is 490 g/mol. The molecule has 0 radical (unpaired) electrons. The third-order valence-corrected chi connectivity index (χ3v) is 6.69. The maximum Gasteiger partial charge on any atom is 0.338 e. The summed E-state index contributed by atoms with van der Waals surface area (Å²) in [6.07, 6.45) is 4.56. The predicted molar refractivity (Wildman–Crippen MR) is 128 cm³/mol. The van der Waals surface area contributed by atoms with Crippen LogP contribution in [0.2, 0.25) is 0 Å². The molecule has 0 fully saturated rings. The molecule has 2 aromatic carbocycles. The first-order valence-corrected chi connectivity index (χ1v) is 11.6. The Hall–Kier alpha value is -4.19. The minimum Gasteiger partial charge on any atom is -0.312 e. The normalized spacial score (nSPS) is 13.6. The molecule has 0 saturated heterocycles. The quantitative estimate of drug-likeness (QED) is 0.369. The molecular formula is C25H21F4N7O. The Morgan fingerprint density at radius 2 is 1.76 bits per heavy atom. The third-order valence-electron chi connectivity index (χ3n) is 6.69. The van der Waals surface area contributed by atoms with Crippen LogP contribution in [0.1, 0.15) is 28.9 Å². The van der Waals surface area contributed by atoms with Crippen molar-refractivity contribution in [2.45, 2.75) is 33.4 Å². The lowest BCUT2D eigenvalue weighted by Gasteiger charge is -2.14. The maximum atomic E-state index is 15.4. The fourth-order valence-corrected chi connectivity index (χ4v) is 4.90. The van der Waals surface area contributed by atoms with Crippen molar-refractivity contribution < 1.29 is 17.6 Å². The summed E-state index contributed by atoms with van der Waals surface area (Å²) in [5.41, 5.74) is 2.33. The van der Waals surface area contributed by atoms with Gasteiger partial charge in [-0.25, -0.2) is 22.9 Å². The van der Waals surface area contributed by atoms with Gasteiger partial charge in [-0.05, 0) is 49.2 Å². The van der Waals surface area contributed by atoms with Gasteiger partial charge in [0.2, 0.25) is 0 Å². The largest absolute Gasteiger partial charge is 0.338 e. The number of hydrogen-bond acceptors (Lipinski definition) is 4. The lowest BCUT2D eigenvalue weighted by Crippen LogP contribution is -2.27. The van der Waals surface area contributed by atoms with Gasteiger partial charge in [0.25, 0.3) is 0 Å². The number of rotatable bonds is 4. The molecule has 0 saturated carbocycles. The second-order valence-corrected chi connectivity index (χ2v) is 9.00. The second-order valence-electron chi connectivity index (χ2n) is 9.00. The van der Waals surface area contributed by atoms with Gasteiger partial charge in [0.05, 0.1) is 34.2 Å². The van der Waals surface area contributed by atoms with E-state index in [1.807, 2.05) is 0 Å². The molecule has 5 aromatic rings. The Morgan fingerprint density at radius 1 is 1.03 bits per heavy atom. The first kappa shape index (κ1) is 23.2. The molecule has 1 aliphatic heterocycles. The summed E-state index contributed by atoms with van der Waals surface area (Å²) < 4.78 is 60.6. The molecule has 8 nitrogen and oxygen atoms in total. The van der Waals surface area contributed by atoms with E-state index in [2.05, 4.69) is 10.4 Å². The van der Waals surface area contributed by atoms with Gasteiger partial charge in [0, 0.05) is 37.5 Å². The highest BCUT2D eigenvalue weighted by atomic mass is 19.3. The number of imidazole rings is 1. The van der Waals surface area contributed by atoms with E-state index in [1.165, 1.54) is 29.1 Å². The fourth-order valence-electron chi connectivity index (χ4n) is 4.90. The van der Waals surface area contributed by atoms with Gasteiger partial charge in [0.15, 0.2) is 5.82 Å². The van der Waals surface area contributed by atoms with Gasteiger partial charge in [-0.15, -0.1) is 0 Å². The van der Waals surface area contributed by atoms with Crippen molar-refractivity contribution in [3.63, 3.8) is 0 Å². The van der Waals surface area contributed by atoms with Crippen LogP contribution in [0.4, 0.5) is 17.6 Å². The van der Waals surface area contributed by atoms with E-state index in [9.17, 15) is 18.0 Å². The molecule has 37 heavy (non-hydrogen) atoms. The number of alkyl halides is 2. The summed E-state index contributed by atoms with van der Waals surface area (Å²) in [5.74, 6) is -0.692. The van der Waals surface area contributed by atoms with Crippen LogP contribution in [0.5, 0.6) is 0 Å². The van der Waals surface area contributed by atoms with Crippen LogP contribution in [0.3, 0.4) is 0 Å². The van der Waals surface area contributed by atoms with Crippen LogP contribution in [-0.2, 0) is 13.0 Å². The third kappa shape index (κ3) is 3.50. The molecule has 12 heteroatoms. The van der Waals surface area contributed by atoms with Crippen molar-refractivity contribution in [1.82, 2.24) is 34.0 Å². The smallest absolute Gasteiger partial charge is 0.312 e. The second kappa shape index (κ2) is 8.44. The number of fused-ring (bicyclic) bond motifs is 2. The number of hydrogen-bond donors (Lipinski definition) is 1. The Labute approximate surface area is 207 Å². The molecule has 0 spiro atoms. The minimum absolute atomic E-state index is 0.0796. The van der Waals surface area contributed by atoms with Gasteiger partial charge < -0.3 is 5.32 Å². The fraction of sp³-hybridized carbons (Fsp3) is 0.240. The van der Waals surface area contributed by atoms with E-state index < -0.39 is 18.1 Å². The topological polar surface area (TPSA) is 74.6 Å². The van der Waals surface area contributed by atoms with Crippen molar-refractivity contribution in [2.75, 3.05) is 6.54 Å². The van der Waals surface area contributed by atoms with Crippen LogP contribution in [0, 0.1) is 25.5 Å². The first-order chi connectivity index (χ1) is 17.8. The lowest BCUT2D eigenvalue weighted by molar-refractivity contribution is 0.0615. The zero-order valence-corrected chi connectivity index (χ0v) is 19.8. The molecule has 0 aliphatic carbocycles. The predicted octanol–water partition coefficient (Wildman–Crippen LogP) is 4.10.